The van der Waals surface area contributed by atoms with Crippen molar-refractivity contribution in [3.05, 3.63) is 108 Å². The van der Waals surface area contributed by atoms with Gasteiger partial charge in [-0.2, -0.15) is 0 Å². The summed E-state index contributed by atoms with van der Waals surface area (Å²) in [5.41, 5.74) is 2.20. The van der Waals surface area contributed by atoms with Gasteiger partial charge in [-0.3, -0.25) is 0 Å². The molecule has 4 unspecified atom stereocenters. The smallest absolute Gasteiger partial charge is 0.272 e. The topological polar surface area (TPSA) is 55.4 Å². The first-order chi connectivity index (χ1) is 16.3. The average molecular weight is 444 g/mol. The molecule has 0 N–H and O–H groups in total. The first-order valence-corrected chi connectivity index (χ1v) is 11.4. The zero-order chi connectivity index (χ0) is 21.8. The minimum atomic E-state index is -0.883. The highest BCUT2D eigenvalue weighted by Gasteiger charge is 2.66. The summed E-state index contributed by atoms with van der Waals surface area (Å²) in [6, 6.07) is 30.9. The molecule has 4 saturated heterocycles. The largest absolute Gasteiger partial charge is 0.352 e. The number of hydrogen-bond acceptors (Lipinski definition) is 6. The lowest BCUT2D eigenvalue weighted by atomic mass is 9.77. The van der Waals surface area contributed by atoms with Gasteiger partial charge < -0.3 is 28.4 Å². The summed E-state index contributed by atoms with van der Waals surface area (Å²) in [5, 5.41) is 0. The molecule has 1 aliphatic carbocycles. The highest BCUT2D eigenvalue weighted by Crippen LogP contribution is 2.49. The van der Waals surface area contributed by atoms with Crippen molar-refractivity contribution in [3.8, 4) is 0 Å². The second-order valence-corrected chi connectivity index (χ2v) is 8.83. The van der Waals surface area contributed by atoms with Crippen LogP contribution in [0, 0.1) is 0 Å². The molecular formula is C27H24O6. The van der Waals surface area contributed by atoms with Crippen molar-refractivity contribution in [2.75, 3.05) is 6.79 Å². The number of rotatable bonds is 5. The molecule has 33 heavy (non-hydrogen) atoms. The summed E-state index contributed by atoms with van der Waals surface area (Å²) >= 11 is 0. The molecule has 5 aliphatic rings. The van der Waals surface area contributed by atoms with Crippen molar-refractivity contribution in [3.63, 3.8) is 0 Å². The zero-order valence-electron chi connectivity index (χ0n) is 17.9. The van der Waals surface area contributed by atoms with Crippen molar-refractivity contribution >= 4 is 0 Å². The molecule has 0 radical (unpaired) electrons. The normalized spacial score (nSPS) is 34.4. The molecule has 6 heteroatoms. The van der Waals surface area contributed by atoms with Gasteiger partial charge in [-0.15, -0.1) is 0 Å². The molecule has 0 amide bonds. The van der Waals surface area contributed by atoms with E-state index in [1.165, 1.54) is 0 Å². The average Bonchev–Trinajstić information content (AvgIpc) is 2.89. The van der Waals surface area contributed by atoms with Crippen LogP contribution in [0.1, 0.15) is 16.7 Å². The maximum absolute atomic E-state index is 7.24. The Hall–Kier alpha value is -2.58. The predicted octanol–water partition coefficient (Wildman–Crippen LogP) is 3.59. The van der Waals surface area contributed by atoms with Crippen LogP contribution in [-0.2, 0) is 34.0 Å². The monoisotopic (exact) mass is 444 g/mol. The molecule has 4 atom stereocenters. The number of ether oxygens (including phenoxy) is 6. The van der Waals surface area contributed by atoms with Crippen molar-refractivity contribution in [2.24, 2.45) is 0 Å². The van der Waals surface area contributed by atoms with Crippen molar-refractivity contribution in [1.82, 2.24) is 0 Å². The van der Waals surface area contributed by atoms with E-state index in [1.807, 2.05) is 54.6 Å². The zero-order valence-corrected chi connectivity index (χ0v) is 17.9. The van der Waals surface area contributed by atoms with Gasteiger partial charge in [-0.25, -0.2) is 0 Å². The highest BCUT2D eigenvalue weighted by molar-refractivity contribution is 5.47. The first-order valence-electron chi connectivity index (χ1n) is 11.4. The molecule has 5 fully saturated rings. The minimum absolute atomic E-state index is 0.202. The van der Waals surface area contributed by atoms with Gasteiger partial charge in [0.2, 0.25) is 0 Å². The Balaban J connectivity index is 1.41. The van der Waals surface area contributed by atoms with E-state index in [2.05, 4.69) is 36.4 Å². The summed E-state index contributed by atoms with van der Waals surface area (Å²) in [6.45, 7) is -0.504. The van der Waals surface area contributed by atoms with Gasteiger partial charge in [0.05, 0.1) is 0 Å². The lowest BCUT2D eigenvalue weighted by Crippen LogP contribution is -2.78. The Kier molecular flexibility index (Phi) is 4.65. The van der Waals surface area contributed by atoms with Crippen LogP contribution >= 0.6 is 0 Å². The lowest BCUT2D eigenvalue weighted by molar-refractivity contribution is -0.511. The number of hydrogen-bond donors (Lipinski definition) is 0. The Morgan fingerprint density at radius 2 is 0.970 bits per heavy atom. The quantitative estimate of drug-likeness (QED) is 0.561. The lowest BCUT2D eigenvalue weighted by Gasteiger charge is -2.61. The molecule has 168 valence electrons. The van der Waals surface area contributed by atoms with Crippen LogP contribution < -0.4 is 0 Å². The van der Waals surface area contributed by atoms with Crippen LogP contribution in [0.4, 0.5) is 0 Å². The van der Waals surface area contributed by atoms with E-state index in [-0.39, 0.29) is 37.3 Å². The van der Waals surface area contributed by atoms with Crippen LogP contribution in [0.15, 0.2) is 91.0 Å². The summed E-state index contributed by atoms with van der Waals surface area (Å²) in [5.74, 6) is 0. The summed E-state index contributed by atoms with van der Waals surface area (Å²) in [7, 11) is 0. The van der Waals surface area contributed by atoms with E-state index in [0.717, 1.165) is 16.7 Å². The minimum Gasteiger partial charge on any atom is -0.352 e. The van der Waals surface area contributed by atoms with Crippen LogP contribution in [0.3, 0.4) is 0 Å². The van der Waals surface area contributed by atoms with Gasteiger partial charge in [0, 0.05) is 0 Å². The first kappa shape index (κ1) is 19.9. The standard InChI is InChI=1S/C27H24O6/c1-4-10-17(11-5-1)27(18-12-6-2-7-13-18,19-14-8-3-9-15-19)33-25-23-20-22-21(29-16-28-20)24(25)32-26(30-22)31-23/h1-15,20-26H,16H2. The Morgan fingerprint density at radius 1 is 0.545 bits per heavy atom. The van der Waals surface area contributed by atoms with Crippen LogP contribution in [-0.4, -0.2) is 49.9 Å². The van der Waals surface area contributed by atoms with Gasteiger partial charge in [0.15, 0.2) is 0 Å². The van der Waals surface area contributed by atoms with Gasteiger partial charge >= 0.3 is 0 Å². The van der Waals surface area contributed by atoms with E-state index in [0.29, 0.717) is 0 Å². The molecule has 8 rings (SSSR count). The molecule has 4 heterocycles. The molecule has 6 bridgehead atoms. The van der Waals surface area contributed by atoms with E-state index in [1.54, 1.807) is 0 Å². The second kappa shape index (κ2) is 7.74. The van der Waals surface area contributed by atoms with Crippen molar-refractivity contribution in [2.45, 2.75) is 48.7 Å². The third kappa shape index (κ3) is 2.96. The number of benzene rings is 3. The van der Waals surface area contributed by atoms with Gasteiger partial charge in [0.25, 0.3) is 6.48 Å². The fourth-order valence-corrected chi connectivity index (χ4v) is 5.70. The maximum atomic E-state index is 7.24. The molecule has 1 saturated carbocycles. The molecule has 3 aromatic carbocycles. The Labute approximate surface area is 191 Å². The van der Waals surface area contributed by atoms with E-state index in [9.17, 15) is 0 Å². The van der Waals surface area contributed by atoms with Crippen LogP contribution in [0.2, 0.25) is 0 Å². The fraction of sp³-hybridized carbons (Fsp3) is 0.333. The second-order valence-electron chi connectivity index (χ2n) is 8.83. The molecule has 6 nitrogen and oxygen atoms in total. The molecular weight excluding hydrogens is 420 g/mol. The SMILES string of the molecule is c1ccc(C(OC2C3OC4OC5C3OCOC5C2O4)(c2ccccc2)c2ccccc2)cc1. The van der Waals surface area contributed by atoms with Gasteiger partial charge in [-0.05, 0) is 16.7 Å². The molecule has 0 spiro atoms. The van der Waals surface area contributed by atoms with Crippen molar-refractivity contribution < 1.29 is 28.4 Å². The molecule has 0 aromatic heterocycles. The van der Waals surface area contributed by atoms with Crippen LogP contribution in [0.5, 0.6) is 0 Å². The fourth-order valence-electron chi connectivity index (χ4n) is 5.70. The predicted molar refractivity (Wildman–Crippen MR) is 117 cm³/mol. The van der Waals surface area contributed by atoms with E-state index < -0.39 is 18.2 Å². The van der Waals surface area contributed by atoms with Gasteiger partial charge in [0.1, 0.15) is 49.0 Å². The summed E-state index contributed by atoms with van der Waals surface area (Å²) in [6.07, 6.45) is -1.78. The summed E-state index contributed by atoms with van der Waals surface area (Å²) in [4.78, 5) is 0. The van der Waals surface area contributed by atoms with E-state index >= 15 is 0 Å². The maximum Gasteiger partial charge on any atom is 0.272 e. The van der Waals surface area contributed by atoms with E-state index in [4.69, 9.17) is 28.4 Å². The van der Waals surface area contributed by atoms with Crippen molar-refractivity contribution in [1.29, 1.82) is 0 Å². The molecule has 3 aromatic rings. The third-order valence-electron chi connectivity index (χ3n) is 7.12. The van der Waals surface area contributed by atoms with Gasteiger partial charge in [-0.1, -0.05) is 91.0 Å². The third-order valence-corrected chi connectivity index (χ3v) is 7.12. The highest BCUT2D eigenvalue weighted by atomic mass is 16.9. The summed E-state index contributed by atoms with van der Waals surface area (Å²) < 4.78 is 37.2. The van der Waals surface area contributed by atoms with Crippen LogP contribution in [0.25, 0.3) is 0 Å². The molecule has 4 aliphatic heterocycles. The Bertz CT molecular complexity index is 989. The Morgan fingerprint density at radius 3 is 1.42 bits per heavy atom.